The first-order valence-corrected chi connectivity index (χ1v) is 13.1. The Labute approximate surface area is 196 Å². The van der Waals surface area contributed by atoms with Crippen molar-refractivity contribution in [3.63, 3.8) is 0 Å². The van der Waals surface area contributed by atoms with Gasteiger partial charge in [0.15, 0.2) is 0 Å². The fourth-order valence-corrected chi connectivity index (χ4v) is 6.14. The van der Waals surface area contributed by atoms with Crippen molar-refractivity contribution in [1.29, 1.82) is 0 Å². The van der Waals surface area contributed by atoms with E-state index < -0.39 is 10.0 Å². The van der Waals surface area contributed by atoms with Crippen molar-refractivity contribution in [2.45, 2.75) is 30.2 Å². The van der Waals surface area contributed by atoms with Crippen LogP contribution in [0.25, 0.3) is 10.2 Å². The highest BCUT2D eigenvalue weighted by Gasteiger charge is 2.28. The van der Waals surface area contributed by atoms with Crippen LogP contribution < -0.4 is 4.72 Å². The van der Waals surface area contributed by atoms with Crippen molar-refractivity contribution in [2.24, 2.45) is 0 Å². The highest BCUT2D eigenvalue weighted by molar-refractivity contribution is 7.89. The van der Waals surface area contributed by atoms with Crippen molar-refractivity contribution < 1.29 is 17.6 Å². The summed E-state index contributed by atoms with van der Waals surface area (Å²) < 4.78 is 33.9. The van der Waals surface area contributed by atoms with Crippen LogP contribution >= 0.6 is 11.3 Å². The maximum Gasteiger partial charge on any atom is 0.253 e. The second kappa shape index (κ2) is 9.09. The third kappa shape index (κ3) is 4.71. The predicted molar refractivity (Wildman–Crippen MR) is 127 cm³/mol. The van der Waals surface area contributed by atoms with E-state index in [4.69, 9.17) is 9.40 Å². The van der Waals surface area contributed by atoms with Crippen LogP contribution in [0.2, 0.25) is 0 Å². The van der Waals surface area contributed by atoms with E-state index in [0.717, 1.165) is 28.1 Å². The van der Waals surface area contributed by atoms with Gasteiger partial charge in [-0.15, -0.1) is 11.3 Å². The Morgan fingerprint density at radius 2 is 1.94 bits per heavy atom. The molecule has 0 radical (unpaired) electrons. The Balaban J connectivity index is 1.26. The van der Waals surface area contributed by atoms with Crippen molar-refractivity contribution in [2.75, 3.05) is 13.1 Å². The van der Waals surface area contributed by atoms with Crippen LogP contribution in [0.15, 0.2) is 76.2 Å². The molecular weight excluding hydrogens is 458 g/mol. The zero-order chi connectivity index (χ0) is 22.8. The molecule has 3 heterocycles. The highest BCUT2D eigenvalue weighted by Crippen LogP contribution is 2.33. The van der Waals surface area contributed by atoms with Gasteiger partial charge in [-0.2, -0.15) is 0 Å². The lowest BCUT2D eigenvalue weighted by atomic mass is 9.98. The molecule has 0 unspecified atom stereocenters. The molecule has 1 aliphatic rings. The van der Waals surface area contributed by atoms with Crippen LogP contribution in [-0.4, -0.2) is 37.3 Å². The quantitative estimate of drug-likeness (QED) is 0.441. The number of piperidine rings is 1. The molecule has 4 aromatic rings. The summed E-state index contributed by atoms with van der Waals surface area (Å²) in [7, 11) is -3.70. The lowest BCUT2D eigenvalue weighted by Crippen LogP contribution is -2.39. The molecule has 1 fully saturated rings. The van der Waals surface area contributed by atoms with E-state index in [0.29, 0.717) is 24.4 Å². The lowest BCUT2D eigenvalue weighted by Gasteiger charge is -2.32. The van der Waals surface area contributed by atoms with E-state index in [2.05, 4.69) is 10.8 Å². The Hall–Kier alpha value is -3.01. The number of thiazole rings is 1. The van der Waals surface area contributed by atoms with Crippen LogP contribution in [-0.2, 0) is 16.6 Å². The van der Waals surface area contributed by atoms with Gasteiger partial charge in [0.2, 0.25) is 10.0 Å². The number of benzene rings is 2. The number of fused-ring (bicyclic) bond motifs is 1. The van der Waals surface area contributed by atoms with Gasteiger partial charge in [0, 0.05) is 24.6 Å². The molecule has 5 rings (SSSR count). The molecule has 33 heavy (non-hydrogen) atoms. The Morgan fingerprint density at radius 1 is 1.12 bits per heavy atom. The number of para-hydroxylation sites is 1. The summed E-state index contributed by atoms with van der Waals surface area (Å²) in [6, 6.07) is 17.6. The van der Waals surface area contributed by atoms with Gasteiger partial charge in [-0.25, -0.2) is 18.1 Å². The number of aromatic nitrogens is 1. The van der Waals surface area contributed by atoms with Gasteiger partial charge in [-0.3, -0.25) is 4.79 Å². The van der Waals surface area contributed by atoms with Crippen molar-refractivity contribution in [1.82, 2.24) is 14.6 Å². The Morgan fingerprint density at radius 3 is 2.70 bits per heavy atom. The first-order chi connectivity index (χ1) is 16.0. The molecule has 1 atom stereocenters. The minimum Gasteiger partial charge on any atom is -0.468 e. The zero-order valence-electron chi connectivity index (χ0n) is 17.8. The Kier molecular flexibility index (Phi) is 6.01. The normalized spacial score (nSPS) is 16.8. The smallest absolute Gasteiger partial charge is 0.253 e. The summed E-state index contributed by atoms with van der Waals surface area (Å²) in [5, 5.41) is 1.07. The monoisotopic (exact) mass is 481 g/mol. The van der Waals surface area contributed by atoms with Crippen LogP contribution in [0.4, 0.5) is 0 Å². The molecule has 0 aliphatic carbocycles. The molecule has 2 aromatic carbocycles. The number of carbonyl (C=O) groups is 1. The number of likely N-dealkylation sites (tertiary alicyclic amines) is 1. The molecule has 1 N–H and O–H groups in total. The number of furan rings is 1. The van der Waals surface area contributed by atoms with E-state index in [1.807, 2.05) is 23.1 Å². The van der Waals surface area contributed by atoms with Gasteiger partial charge in [0.05, 0.1) is 32.9 Å². The summed E-state index contributed by atoms with van der Waals surface area (Å²) in [4.78, 5) is 19.9. The second-order valence-electron chi connectivity index (χ2n) is 8.04. The number of rotatable bonds is 6. The summed E-state index contributed by atoms with van der Waals surface area (Å²) in [6.07, 6.45) is 3.41. The molecule has 2 aromatic heterocycles. The molecule has 1 amide bonds. The van der Waals surface area contributed by atoms with Crippen LogP contribution in [0.5, 0.6) is 0 Å². The molecule has 1 saturated heterocycles. The van der Waals surface area contributed by atoms with Crippen LogP contribution in [0, 0.1) is 0 Å². The van der Waals surface area contributed by atoms with Crippen molar-refractivity contribution in [3.8, 4) is 0 Å². The molecule has 170 valence electrons. The SMILES string of the molecule is O=C(c1ccc(S(=O)(=O)NCc2ccco2)cc1)N1CCC[C@@H](c2nc3ccccc3s2)C1. The number of sulfonamides is 1. The number of nitrogens with zero attached hydrogens (tertiary/aromatic N) is 2. The minimum atomic E-state index is -3.70. The standard InChI is InChI=1S/C24H23N3O4S2/c28-24(17-9-11-20(12-10-17)33(29,30)25-15-19-6-4-14-31-19)27-13-3-5-18(16-27)23-26-21-7-1-2-8-22(21)32-23/h1-2,4,6-12,14,18,25H,3,5,13,15-16H2/t18-/m1/s1. The number of hydrogen-bond donors (Lipinski definition) is 1. The van der Waals surface area contributed by atoms with E-state index in [1.165, 1.54) is 18.4 Å². The molecule has 0 spiro atoms. The zero-order valence-corrected chi connectivity index (χ0v) is 19.4. The molecule has 7 nitrogen and oxygen atoms in total. The third-order valence-corrected chi connectivity index (χ3v) is 8.41. The highest BCUT2D eigenvalue weighted by atomic mass is 32.2. The first kappa shape index (κ1) is 21.8. The molecule has 9 heteroatoms. The predicted octanol–water partition coefficient (Wildman–Crippen LogP) is 4.39. The summed E-state index contributed by atoms with van der Waals surface area (Å²) in [6.45, 7) is 1.37. The van der Waals surface area contributed by atoms with Crippen LogP contribution in [0.1, 0.15) is 39.9 Å². The first-order valence-electron chi connectivity index (χ1n) is 10.8. The summed E-state index contributed by atoms with van der Waals surface area (Å²) in [5.41, 5.74) is 1.48. The van der Waals surface area contributed by atoms with E-state index in [1.54, 1.807) is 35.6 Å². The average Bonchev–Trinajstić information content (AvgIpc) is 3.52. The largest absolute Gasteiger partial charge is 0.468 e. The van der Waals surface area contributed by atoms with Gasteiger partial charge in [0.25, 0.3) is 5.91 Å². The van der Waals surface area contributed by atoms with E-state index in [9.17, 15) is 13.2 Å². The van der Waals surface area contributed by atoms with Gasteiger partial charge in [0.1, 0.15) is 5.76 Å². The Bertz CT molecular complexity index is 1330. The van der Waals surface area contributed by atoms with Crippen molar-refractivity contribution in [3.05, 3.63) is 83.3 Å². The maximum absolute atomic E-state index is 13.1. The minimum absolute atomic E-state index is 0.0664. The summed E-state index contributed by atoms with van der Waals surface area (Å²) in [5.74, 6) is 0.650. The lowest BCUT2D eigenvalue weighted by molar-refractivity contribution is 0.0707. The number of amides is 1. The average molecular weight is 482 g/mol. The molecule has 0 bridgehead atoms. The molecule has 1 aliphatic heterocycles. The summed E-state index contributed by atoms with van der Waals surface area (Å²) >= 11 is 1.69. The van der Waals surface area contributed by atoms with Gasteiger partial charge < -0.3 is 9.32 Å². The number of nitrogens with one attached hydrogen (secondary N) is 1. The third-order valence-electron chi connectivity index (χ3n) is 5.80. The fraction of sp³-hybridized carbons (Fsp3) is 0.250. The number of carbonyl (C=O) groups excluding carboxylic acids is 1. The van der Waals surface area contributed by atoms with E-state index >= 15 is 0 Å². The van der Waals surface area contributed by atoms with Gasteiger partial charge >= 0.3 is 0 Å². The fourth-order valence-electron chi connectivity index (χ4n) is 4.05. The topological polar surface area (TPSA) is 92.5 Å². The molecule has 0 saturated carbocycles. The maximum atomic E-state index is 13.1. The van der Waals surface area contributed by atoms with E-state index in [-0.39, 0.29) is 23.3 Å². The number of hydrogen-bond acceptors (Lipinski definition) is 6. The van der Waals surface area contributed by atoms with Gasteiger partial charge in [-0.05, 0) is 61.4 Å². The van der Waals surface area contributed by atoms with Gasteiger partial charge in [-0.1, -0.05) is 12.1 Å². The molecular formula is C24H23N3O4S2. The van der Waals surface area contributed by atoms with Crippen molar-refractivity contribution >= 4 is 37.5 Å². The second-order valence-corrected chi connectivity index (χ2v) is 10.9. The van der Waals surface area contributed by atoms with Crippen LogP contribution in [0.3, 0.4) is 0 Å².